The highest BCUT2D eigenvalue weighted by Crippen LogP contribution is 2.16. The zero-order chi connectivity index (χ0) is 10.4. The van der Waals surface area contributed by atoms with Crippen LogP contribution in [0.25, 0.3) is 0 Å². The molecule has 1 aliphatic heterocycles. The van der Waals surface area contributed by atoms with Gasteiger partial charge in [-0.25, -0.2) is 0 Å². The van der Waals surface area contributed by atoms with Crippen LogP contribution in [-0.2, 0) is 0 Å². The van der Waals surface area contributed by atoms with Gasteiger partial charge in [-0.15, -0.1) is 6.58 Å². The van der Waals surface area contributed by atoms with Crippen LogP contribution in [0.4, 0.5) is 0 Å². The highest BCUT2D eigenvalue weighted by atomic mass is 32.2. The second-order valence-electron chi connectivity index (χ2n) is 4.03. The number of thioether (sulfide) groups is 1. The van der Waals surface area contributed by atoms with Crippen LogP contribution in [0.5, 0.6) is 0 Å². The van der Waals surface area contributed by atoms with Gasteiger partial charge in [0, 0.05) is 30.1 Å². The quantitative estimate of drug-likeness (QED) is 0.558. The van der Waals surface area contributed by atoms with E-state index in [1.165, 1.54) is 18.8 Å². The molecule has 2 nitrogen and oxygen atoms in total. The van der Waals surface area contributed by atoms with Crippen molar-refractivity contribution in [2.45, 2.75) is 31.8 Å². The molecule has 0 spiro atoms. The molecule has 0 aliphatic carbocycles. The first-order valence-electron chi connectivity index (χ1n) is 5.42. The molecule has 14 heavy (non-hydrogen) atoms. The molecule has 3 heteroatoms. The topological polar surface area (TPSA) is 29.3 Å². The highest BCUT2D eigenvalue weighted by Gasteiger charge is 2.22. The van der Waals surface area contributed by atoms with E-state index in [9.17, 15) is 0 Å². The standard InChI is InChI=1S/C11H22N2S/c1-3-7-14-8-6-13-5-4-11(12)9-10(13)2/h3,10-11H,1,4-9,12H2,2H3. The summed E-state index contributed by atoms with van der Waals surface area (Å²) in [6.45, 7) is 8.39. The lowest BCUT2D eigenvalue weighted by Crippen LogP contribution is -2.46. The summed E-state index contributed by atoms with van der Waals surface area (Å²) in [4.78, 5) is 2.56. The zero-order valence-electron chi connectivity index (χ0n) is 9.11. The van der Waals surface area contributed by atoms with Crippen LogP contribution < -0.4 is 5.73 Å². The third kappa shape index (κ3) is 4.03. The van der Waals surface area contributed by atoms with Gasteiger partial charge in [0.2, 0.25) is 0 Å². The smallest absolute Gasteiger partial charge is 0.0111 e. The monoisotopic (exact) mass is 214 g/mol. The Kier molecular flexibility index (Phi) is 5.60. The maximum Gasteiger partial charge on any atom is 0.0111 e. The molecule has 2 atom stereocenters. The molecule has 0 aromatic carbocycles. The van der Waals surface area contributed by atoms with Crippen molar-refractivity contribution in [2.75, 3.05) is 24.6 Å². The Bertz CT molecular complexity index is 173. The summed E-state index contributed by atoms with van der Waals surface area (Å²) in [5.74, 6) is 2.29. The number of rotatable bonds is 5. The van der Waals surface area contributed by atoms with Gasteiger partial charge in [-0.2, -0.15) is 11.8 Å². The van der Waals surface area contributed by atoms with Crippen molar-refractivity contribution in [3.8, 4) is 0 Å². The first-order chi connectivity index (χ1) is 6.74. The van der Waals surface area contributed by atoms with Crippen LogP contribution in [0.2, 0.25) is 0 Å². The first-order valence-corrected chi connectivity index (χ1v) is 6.57. The summed E-state index contributed by atoms with van der Waals surface area (Å²) in [7, 11) is 0. The van der Waals surface area contributed by atoms with E-state index in [-0.39, 0.29) is 0 Å². The second-order valence-corrected chi connectivity index (χ2v) is 5.18. The zero-order valence-corrected chi connectivity index (χ0v) is 9.93. The Balaban J connectivity index is 2.14. The van der Waals surface area contributed by atoms with E-state index in [0.717, 1.165) is 18.6 Å². The molecular formula is C11H22N2S. The fraction of sp³-hybridized carbons (Fsp3) is 0.818. The summed E-state index contributed by atoms with van der Waals surface area (Å²) in [5.41, 5.74) is 5.92. The molecule has 1 heterocycles. The molecule has 1 saturated heterocycles. The third-order valence-corrected chi connectivity index (χ3v) is 3.76. The van der Waals surface area contributed by atoms with Gasteiger partial charge < -0.3 is 5.73 Å². The average Bonchev–Trinajstić information content (AvgIpc) is 2.15. The lowest BCUT2D eigenvalue weighted by molar-refractivity contribution is 0.157. The maximum absolute atomic E-state index is 5.92. The van der Waals surface area contributed by atoms with Crippen LogP contribution in [0, 0.1) is 0 Å². The molecule has 0 aromatic heterocycles. The Morgan fingerprint density at radius 3 is 3.07 bits per heavy atom. The van der Waals surface area contributed by atoms with Crippen LogP contribution in [0.1, 0.15) is 19.8 Å². The van der Waals surface area contributed by atoms with E-state index in [0.29, 0.717) is 12.1 Å². The van der Waals surface area contributed by atoms with Crippen molar-refractivity contribution in [1.82, 2.24) is 4.90 Å². The molecule has 0 saturated carbocycles. The van der Waals surface area contributed by atoms with Gasteiger partial charge in [-0.1, -0.05) is 6.08 Å². The third-order valence-electron chi connectivity index (χ3n) is 2.81. The SMILES string of the molecule is C=CCSCCN1CCC(N)CC1C. The number of piperidine rings is 1. The summed E-state index contributed by atoms with van der Waals surface area (Å²) >= 11 is 1.96. The molecule has 1 aliphatic rings. The molecule has 2 unspecified atom stereocenters. The van der Waals surface area contributed by atoms with Crippen LogP contribution in [0.15, 0.2) is 12.7 Å². The van der Waals surface area contributed by atoms with Gasteiger partial charge in [0.05, 0.1) is 0 Å². The minimum atomic E-state index is 0.432. The maximum atomic E-state index is 5.92. The first kappa shape index (κ1) is 12.1. The lowest BCUT2D eigenvalue weighted by Gasteiger charge is -2.36. The van der Waals surface area contributed by atoms with E-state index in [1.54, 1.807) is 0 Å². The molecule has 2 N–H and O–H groups in total. The van der Waals surface area contributed by atoms with Crippen molar-refractivity contribution >= 4 is 11.8 Å². The minimum absolute atomic E-state index is 0.432. The predicted octanol–water partition coefficient (Wildman–Crippen LogP) is 1.72. The van der Waals surface area contributed by atoms with Crippen LogP contribution in [-0.4, -0.2) is 41.6 Å². The Morgan fingerprint density at radius 2 is 2.43 bits per heavy atom. The average molecular weight is 214 g/mol. The lowest BCUT2D eigenvalue weighted by atomic mass is 9.99. The fourth-order valence-electron chi connectivity index (χ4n) is 1.94. The summed E-state index contributed by atoms with van der Waals surface area (Å²) in [6, 6.07) is 1.10. The van der Waals surface area contributed by atoms with Gasteiger partial charge in [-0.05, 0) is 26.3 Å². The molecule has 0 amide bonds. The Labute approximate surface area is 91.9 Å². The van der Waals surface area contributed by atoms with E-state index in [4.69, 9.17) is 5.73 Å². The number of nitrogens with two attached hydrogens (primary N) is 1. The predicted molar refractivity (Wildman–Crippen MR) is 65.8 cm³/mol. The number of hydrogen-bond acceptors (Lipinski definition) is 3. The fourth-order valence-corrected chi connectivity index (χ4v) is 2.63. The van der Waals surface area contributed by atoms with Crippen molar-refractivity contribution in [3.63, 3.8) is 0 Å². The van der Waals surface area contributed by atoms with Gasteiger partial charge in [0.25, 0.3) is 0 Å². The summed E-state index contributed by atoms with van der Waals surface area (Å²) < 4.78 is 0. The van der Waals surface area contributed by atoms with E-state index >= 15 is 0 Å². The minimum Gasteiger partial charge on any atom is -0.328 e. The van der Waals surface area contributed by atoms with E-state index in [2.05, 4.69) is 18.4 Å². The number of likely N-dealkylation sites (tertiary alicyclic amines) is 1. The van der Waals surface area contributed by atoms with Gasteiger partial charge in [0.1, 0.15) is 0 Å². The molecule has 0 bridgehead atoms. The normalized spacial score (nSPS) is 29.0. The molecule has 0 aromatic rings. The number of hydrogen-bond donors (Lipinski definition) is 1. The van der Waals surface area contributed by atoms with Gasteiger partial charge >= 0.3 is 0 Å². The largest absolute Gasteiger partial charge is 0.328 e. The molecule has 1 fully saturated rings. The van der Waals surface area contributed by atoms with Crippen molar-refractivity contribution in [1.29, 1.82) is 0 Å². The van der Waals surface area contributed by atoms with Crippen molar-refractivity contribution < 1.29 is 0 Å². The van der Waals surface area contributed by atoms with Crippen LogP contribution in [0.3, 0.4) is 0 Å². The summed E-state index contributed by atoms with van der Waals surface area (Å²) in [6.07, 6.45) is 4.29. The van der Waals surface area contributed by atoms with Gasteiger partial charge in [0.15, 0.2) is 0 Å². The van der Waals surface area contributed by atoms with Crippen LogP contribution >= 0.6 is 11.8 Å². The Morgan fingerprint density at radius 1 is 1.64 bits per heavy atom. The highest BCUT2D eigenvalue weighted by molar-refractivity contribution is 7.99. The molecular weight excluding hydrogens is 192 g/mol. The second kappa shape index (κ2) is 6.49. The number of nitrogens with zero attached hydrogens (tertiary/aromatic N) is 1. The molecule has 1 rings (SSSR count). The molecule has 0 radical (unpaired) electrons. The van der Waals surface area contributed by atoms with Crippen molar-refractivity contribution in [3.05, 3.63) is 12.7 Å². The summed E-state index contributed by atoms with van der Waals surface area (Å²) in [5, 5.41) is 0. The van der Waals surface area contributed by atoms with E-state index < -0.39 is 0 Å². The molecule has 82 valence electrons. The van der Waals surface area contributed by atoms with Crippen molar-refractivity contribution in [2.24, 2.45) is 5.73 Å². The Hall–Kier alpha value is 0.01000. The van der Waals surface area contributed by atoms with E-state index in [1.807, 2.05) is 17.8 Å². The van der Waals surface area contributed by atoms with Gasteiger partial charge in [-0.3, -0.25) is 4.90 Å².